The fraction of sp³-hybridized carbons (Fsp3) is 0.500. The van der Waals surface area contributed by atoms with Gasteiger partial charge in [0.2, 0.25) is 0 Å². The number of rotatable bonds is 9. The Hall–Kier alpha value is -1.57. The minimum atomic E-state index is 0. The van der Waals surface area contributed by atoms with Crippen molar-refractivity contribution in [3.05, 3.63) is 54.1 Å². The van der Waals surface area contributed by atoms with E-state index >= 15 is 0 Å². The molecule has 0 atom stereocenters. The Morgan fingerprint density at radius 2 is 1.96 bits per heavy atom. The molecule has 2 N–H and O–H groups in total. The molecule has 0 aliphatic heterocycles. The van der Waals surface area contributed by atoms with Crippen LogP contribution in [-0.4, -0.2) is 28.6 Å². The van der Waals surface area contributed by atoms with Gasteiger partial charge >= 0.3 is 0 Å². The monoisotopic (exact) mass is 469 g/mol. The molecule has 0 fully saturated rings. The maximum absolute atomic E-state index is 4.68. The molecule has 5 nitrogen and oxygen atoms in total. The molecule has 1 aromatic heterocycles. The molecular weight excluding hydrogens is 437 g/mol. The predicted molar refractivity (Wildman–Crippen MR) is 120 cm³/mol. The van der Waals surface area contributed by atoms with Gasteiger partial charge in [0.1, 0.15) is 12.4 Å². The molecule has 0 saturated heterocycles. The normalized spacial score (nSPS) is 11.3. The van der Waals surface area contributed by atoms with E-state index in [0.29, 0.717) is 12.5 Å². The maximum Gasteiger partial charge on any atom is 0.191 e. The topological polar surface area (TPSA) is 54.2 Å². The van der Waals surface area contributed by atoms with Crippen molar-refractivity contribution in [2.45, 2.75) is 46.7 Å². The smallest absolute Gasteiger partial charge is 0.191 e. The first kappa shape index (κ1) is 22.5. The van der Waals surface area contributed by atoms with E-state index in [1.165, 1.54) is 5.56 Å². The lowest BCUT2D eigenvalue weighted by molar-refractivity contribution is 0.507. The van der Waals surface area contributed by atoms with E-state index in [-0.39, 0.29) is 24.0 Å². The molecular formula is C20H32IN5. The lowest BCUT2D eigenvalue weighted by atomic mass is 10.1. The number of aliphatic imine (C=N–C) groups is 1. The highest BCUT2D eigenvalue weighted by atomic mass is 127. The van der Waals surface area contributed by atoms with Crippen molar-refractivity contribution in [1.29, 1.82) is 0 Å². The first-order valence-corrected chi connectivity index (χ1v) is 9.25. The second kappa shape index (κ2) is 12.7. The zero-order chi connectivity index (χ0) is 17.9. The highest BCUT2D eigenvalue weighted by Gasteiger charge is 2.05. The van der Waals surface area contributed by atoms with E-state index in [1.807, 2.05) is 12.4 Å². The van der Waals surface area contributed by atoms with Gasteiger partial charge in [-0.05, 0) is 31.2 Å². The second-order valence-electron chi connectivity index (χ2n) is 6.60. The van der Waals surface area contributed by atoms with Crippen LogP contribution >= 0.6 is 24.0 Å². The molecule has 0 bridgehead atoms. The van der Waals surface area contributed by atoms with E-state index in [1.54, 1.807) is 0 Å². The summed E-state index contributed by atoms with van der Waals surface area (Å²) in [6, 6.07) is 10.6. The molecule has 0 saturated carbocycles. The summed E-state index contributed by atoms with van der Waals surface area (Å²) < 4.78 is 2.19. The van der Waals surface area contributed by atoms with Crippen molar-refractivity contribution in [2.24, 2.45) is 10.9 Å². The number of nitrogens with zero attached hydrogens (tertiary/aromatic N) is 3. The number of hydrogen-bond donors (Lipinski definition) is 2. The summed E-state index contributed by atoms with van der Waals surface area (Å²) in [5, 5.41) is 6.72. The third-order valence-electron chi connectivity index (χ3n) is 3.86. The Balaban J connectivity index is 0.00000338. The Morgan fingerprint density at radius 3 is 2.65 bits per heavy atom. The molecule has 0 unspecified atom stereocenters. The van der Waals surface area contributed by atoms with E-state index in [0.717, 1.165) is 44.3 Å². The summed E-state index contributed by atoms with van der Waals surface area (Å²) in [6.45, 7) is 9.84. The average Bonchev–Trinajstić information content (AvgIpc) is 3.03. The fourth-order valence-electron chi connectivity index (χ4n) is 2.69. The Kier molecular flexibility index (Phi) is 11.0. The van der Waals surface area contributed by atoms with Crippen LogP contribution in [0.15, 0.2) is 47.7 Å². The number of imidazole rings is 1. The van der Waals surface area contributed by atoms with Gasteiger partial charge in [0.15, 0.2) is 5.96 Å². The van der Waals surface area contributed by atoms with Gasteiger partial charge in [-0.2, -0.15) is 0 Å². The Bertz CT molecular complexity index is 637. The molecule has 1 aromatic carbocycles. The first-order valence-electron chi connectivity index (χ1n) is 9.25. The van der Waals surface area contributed by atoms with Crippen LogP contribution < -0.4 is 10.6 Å². The van der Waals surface area contributed by atoms with Crippen LogP contribution in [0.4, 0.5) is 0 Å². The molecule has 0 aliphatic carbocycles. The third kappa shape index (κ3) is 8.21. The van der Waals surface area contributed by atoms with Crippen LogP contribution in [0.25, 0.3) is 0 Å². The van der Waals surface area contributed by atoms with Crippen molar-refractivity contribution in [1.82, 2.24) is 20.2 Å². The van der Waals surface area contributed by atoms with Crippen molar-refractivity contribution >= 4 is 29.9 Å². The van der Waals surface area contributed by atoms with Gasteiger partial charge in [-0.15, -0.1) is 24.0 Å². The standard InChI is InChI=1S/C20H31N5.HI/c1-4-21-20(23-12-8-11-18-9-6-5-7-10-18)24-15-19-22-13-14-25(19)16-17(2)3;/h5-7,9-10,13-14,17H,4,8,11-12,15-16H2,1-3H3,(H2,21,23,24);1H. The molecule has 6 heteroatoms. The van der Waals surface area contributed by atoms with Crippen LogP contribution in [0.2, 0.25) is 0 Å². The number of aryl methyl sites for hydroxylation is 1. The lowest BCUT2D eigenvalue weighted by Gasteiger charge is -2.12. The molecule has 0 radical (unpaired) electrons. The fourth-order valence-corrected chi connectivity index (χ4v) is 2.69. The molecule has 2 aromatic rings. The van der Waals surface area contributed by atoms with Crippen molar-refractivity contribution in [2.75, 3.05) is 13.1 Å². The average molecular weight is 469 g/mol. The Morgan fingerprint density at radius 1 is 1.19 bits per heavy atom. The molecule has 144 valence electrons. The van der Waals surface area contributed by atoms with E-state index in [9.17, 15) is 0 Å². The number of guanidine groups is 1. The highest BCUT2D eigenvalue weighted by molar-refractivity contribution is 14.0. The van der Waals surface area contributed by atoms with Crippen LogP contribution in [0.1, 0.15) is 38.6 Å². The number of aromatic nitrogens is 2. The zero-order valence-electron chi connectivity index (χ0n) is 16.1. The number of halogens is 1. The first-order chi connectivity index (χ1) is 12.2. The Labute approximate surface area is 174 Å². The third-order valence-corrected chi connectivity index (χ3v) is 3.86. The van der Waals surface area contributed by atoms with Gasteiger partial charge in [-0.25, -0.2) is 9.98 Å². The molecule has 1 heterocycles. The maximum atomic E-state index is 4.68. The van der Waals surface area contributed by atoms with E-state index in [4.69, 9.17) is 0 Å². The molecule has 26 heavy (non-hydrogen) atoms. The highest BCUT2D eigenvalue weighted by Crippen LogP contribution is 2.05. The van der Waals surface area contributed by atoms with Gasteiger partial charge in [-0.3, -0.25) is 0 Å². The number of benzene rings is 1. The number of nitrogens with one attached hydrogen (secondary N) is 2. The largest absolute Gasteiger partial charge is 0.357 e. The van der Waals surface area contributed by atoms with Crippen LogP contribution in [-0.2, 0) is 19.5 Å². The molecule has 0 spiro atoms. The van der Waals surface area contributed by atoms with Gasteiger partial charge < -0.3 is 15.2 Å². The van der Waals surface area contributed by atoms with Crippen LogP contribution in [0.5, 0.6) is 0 Å². The number of hydrogen-bond acceptors (Lipinski definition) is 2. The summed E-state index contributed by atoms with van der Waals surface area (Å²) in [5.41, 5.74) is 1.38. The minimum Gasteiger partial charge on any atom is -0.357 e. The summed E-state index contributed by atoms with van der Waals surface area (Å²) in [5.74, 6) is 2.46. The zero-order valence-corrected chi connectivity index (χ0v) is 18.4. The summed E-state index contributed by atoms with van der Waals surface area (Å²) in [4.78, 5) is 9.12. The van der Waals surface area contributed by atoms with Crippen LogP contribution in [0.3, 0.4) is 0 Å². The second-order valence-corrected chi connectivity index (χ2v) is 6.60. The van der Waals surface area contributed by atoms with Crippen molar-refractivity contribution in [3.63, 3.8) is 0 Å². The van der Waals surface area contributed by atoms with Gasteiger partial charge in [0.05, 0.1) is 0 Å². The van der Waals surface area contributed by atoms with E-state index < -0.39 is 0 Å². The molecule has 2 rings (SSSR count). The minimum absolute atomic E-state index is 0. The van der Waals surface area contributed by atoms with Gasteiger partial charge in [0, 0.05) is 32.0 Å². The summed E-state index contributed by atoms with van der Waals surface area (Å²) in [6.07, 6.45) is 6.04. The van der Waals surface area contributed by atoms with Gasteiger partial charge in [0.25, 0.3) is 0 Å². The van der Waals surface area contributed by atoms with Gasteiger partial charge in [-0.1, -0.05) is 44.2 Å². The molecule has 0 aliphatic rings. The quantitative estimate of drug-likeness (QED) is 0.254. The summed E-state index contributed by atoms with van der Waals surface area (Å²) >= 11 is 0. The van der Waals surface area contributed by atoms with Crippen molar-refractivity contribution in [3.8, 4) is 0 Å². The van der Waals surface area contributed by atoms with E-state index in [2.05, 4.69) is 76.3 Å². The lowest BCUT2D eigenvalue weighted by Crippen LogP contribution is -2.38. The predicted octanol–water partition coefficient (Wildman–Crippen LogP) is 3.85. The summed E-state index contributed by atoms with van der Waals surface area (Å²) in [7, 11) is 0. The van der Waals surface area contributed by atoms with Crippen molar-refractivity contribution < 1.29 is 0 Å². The van der Waals surface area contributed by atoms with Crippen LogP contribution in [0, 0.1) is 5.92 Å². The molecule has 0 amide bonds. The SMILES string of the molecule is CCNC(=NCc1nccn1CC(C)C)NCCCc1ccccc1.I.